The maximum Gasteiger partial charge on any atom is 0.314 e. The fraction of sp³-hybridized carbons (Fsp3) is 0.333. The van der Waals surface area contributed by atoms with Crippen molar-refractivity contribution >= 4 is 33.5 Å². The molecule has 1 amide bonds. The van der Waals surface area contributed by atoms with Crippen molar-refractivity contribution < 1.29 is 19.8 Å². The van der Waals surface area contributed by atoms with Gasteiger partial charge in [-0.25, -0.2) is 0 Å². The number of carbonyl (C=O) groups is 2. The number of anilines is 1. The van der Waals surface area contributed by atoms with Crippen LogP contribution in [0.1, 0.15) is 25.3 Å². The highest BCUT2D eigenvalue weighted by atomic mass is 79.9. The van der Waals surface area contributed by atoms with Gasteiger partial charge in [-0.2, -0.15) is 0 Å². The van der Waals surface area contributed by atoms with Gasteiger partial charge in [-0.3, -0.25) is 9.59 Å². The summed E-state index contributed by atoms with van der Waals surface area (Å²) in [7, 11) is 0. The molecule has 0 bridgehead atoms. The number of hydrogen-bond acceptors (Lipinski definition) is 3. The zero-order chi connectivity index (χ0) is 13.5. The molecule has 1 fully saturated rings. The highest BCUT2D eigenvalue weighted by Crippen LogP contribution is 2.55. The van der Waals surface area contributed by atoms with Crippen molar-refractivity contribution in [3.05, 3.63) is 22.2 Å². The monoisotopic (exact) mass is 313 g/mol. The Bertz CT molecular complexity index is 537. The summed E-state index contributed by atoms with van der Waals surface area (Å²) in [6, 6.07) is 3.00. The summed E-state index contributed by atoms with van der Waals surface area (Å²) in [6.07, 6.45) is 0.994. The molecule has 3 N–H and O–H groups in total. The van der Waals surface area contributed by atoms with Gasteiger partial charge in [0.15, 0.2) is 0 Å². The van der Waals surface area contributed by atoms with E-state index in [0.29, 0.717) is 22.9 Å². The number of hydrogen-bond donors (Lipinski definition) is 3. The third kappa shape index (κ3) is 1.96. The van der Waals surface area contributed by atoms with E-state index in [2.05, 4.69) is 21.2 Å². The Kier molecular flexibility index (Phi) is 3.06. The third-order valence-corrected chi connectivity index (χ3v) is 3.73. The second-order valence-electron chi connectivity index (χ2n) is 4.38. The molecule has 1 aromatic carbocycles. The van der Waals surface area contributed by atoms with Crippen LogP contribution >= 0.6 is 15.9 Å². The van der Waals surface area contributed by atoms with E-state index in [4.69, 9.17) is 0 Å². The van der Waals surface area contributed by atoms with Gasteiger partial charge in [0, 0.05) is 17.0 Å². The van der Waals surface area contributed by atoms with Crippen molar-refractivity contribution in [2.75, 3.05) is 5.32 Å². The number of benzene rings is 1. The molecule has 6 heteroatoms. The van der Waals surface area contributed by atoms with Gasteiger partial charge < -0.3 is 15.5 Å². The molecular weight excluding hydrogens is 302 g/mol. The van der Waals surface area contributed by atoms with Crippen LogP contribution in [0.4, 0.5) is 5.69 Å². The molecule has 1 aliphatic rings. The summed E-state index contributed by atoms with van der Waals surface area (Å²) < 4.78 is 0.573. The number of amides is 1. The van der Waals surface area contributed by atoms with E-state index >= 15 is 0 Å². The molecule has 18 heavy (non-hydrogen) atoms. The quantitative estimate of drug-likeness (QED) is 0.747. The van der Waals surface area contributed by atoms with Crippen molar-refractivity contribution in [3.8, 4) is 5.75 Å². The molecule has 2 rings (SSSR count). The second kappa shape index (κ2) is 4.28. The number of halogens is 1. The van der Waals surface area contributed by atoms with E-state index in [-0.39, 0.29) is 17.3 Å². The van der Waals surface area contributed by atoms with Gasteiger partial charge in [-0.15, -0.1) is 0 Å². The Morgan fingerprint density at radius 1 is 1.39 bits per heavy atom. The van der Waals surface area contributed by atoms with E-state index in [1.807, 2.05) is 0 Å². The summed E-state index contributed by atoms with van der Waals surface area (Å²) in [5, 5.41) is 21.6. The smallest absolute Gasteiger partial charge is 0.314 e. The Labute approximate surface area is 112 Å². The molecule has 0 aliphatic heterocycles. The van der Waals surface area contributed by atoms with E-state index in [9.17, 15) is 19.8 Å². The zero-order valence-electron chi connectivity index (χ0n) is 9.66. The van der Waals surface area contributed by atoms with Crippen molar-refractivity contribution in [2.45, 2.75) is 25.2 Å². The first-order valence-electron chi connectivity index (χ1n) is 5.41. The molecule has 0 spiro atoms. The molecule has 0 radical (unpaired) electrons. The van der Waals surface area contributed by atoms with Crippen molar-refractivity contribution in [3.63, 3.8) is 0 Å². The van der Waals surface area contributed by atoms with Crippen LogP contribution in [-0.4, -0.2) is 22.1 Å². The Balaban J connectivity index is 2.61. The summed E-state index contributed by atoms with van der Waals surface area (Å²) in [5.41, 5.74) is -0.392. The maximum atomic E-state index is 11.4. The average molecular weight is 314 g/mol. The van der Waals surface area contributed by atoms with Crippen LogP contribution in [0.15, 0.2) is 16.6 Å². The second-order valence-corrected chi connectivity index (χ2v) is 5.24. The number of phenols is 1. The minimum absolute atomic E-state index is 0.129. The van der Waals surface area contributed by atoms with Crippen molar-refractivity contribution in [1.29, 1.82) is 0 Å². The lowest BCUT2D eigenvalue weighted by atomic mass is 9.93. The van der Waals surface area contributed by atoms with Gasteiger partial charge in [0.2, 0.25) is 5.91 Å². The minimum Gasteiger partial charge on any atom is -0.506 e. The number of carbonyl (C=O) groups excluding carboxylic acids is 1. The lowest BCUT2D eigenvalue weighted by Crippen LogP contribution is -2.23. The van der Waals surface area contributed by atoms with Gasteiger partial charge in [0.05, 0.1) is 11.1 Å². The van der Waals surface area contributed by atoms with Crippen LogP contribution in [0, 0.1) is 0 Å². The van der Waals surface area contributed by atoms with Gasteiger partial charge in [-0.05, 0) is 25.0 Å². The molecule has 0 unspecified atom stereocenters. The third-order valence-electron chi connectivity index (χ3n) is 3.07. The predicted octanol–water partition coefficient (Wildman–Crippen LogP) is 2.23. The fourth-order valence-corrected chi connectivity index (χ4v) is 2.74. The number of aromatic hydroxyl groups is 1. The van der Waals surface area contributed by atoms with Crippen LogP contribution in [0.2, 0.25) is 0 Å². The Morgan fingerprint density at radius 2 is 2.00 bits per heavy atom. The van der Waals surface area contributed by atoms with Crippen LogP contribution < -0.4 is 5.32 Å². The minimum atomic E-state index is -1.00. The highest BCUT2D eigenvalue weighted by molar-refractivity contribution is 9.10. The van der Waals surface area contributed by atoms with Crippen LogP contribution in [-0.2, 0) is 15.0 Å². The number of carboxylic acid groups (broad SMARTS) is 1. The van der Waals surface area contributed by atoms with Gasteiger partial charge in [0.1, 0.15) is 5.75 Å². The molecule has 1 aromatic rings. The summed E-state index contributed by atoms with van der Waals surface area (Å²) in [5.74, 6) is -1.43. The molecule has 1 aliphatic carbocycles. The van der Waals surface area contributed by atoms with Gasteiger partial charge >= 0.3 is 5.97 Å². The molecule has 96 valence electrons. The SMILES string of the molecule is CC(=O)Nc1c(O)ccc(Br)c1C1(C(=O)O)CC1. The summed E-state index contributed by atoms with van der Waals surface area (Å²) in [4.78, 5) is 22.5. The largest absolute Gasteiger partial charge is 0.506 e. The van der Waals surface area contributed by atoms with Crippen LogP contribution in [0.25, 0.3) is 0 Å². The number of carboxylic acids is 1. The fourth-order valence-electron chi connectivity index (χ4n) is 2.03. The normalized spacial score (nSPS) is 16.1. The molecule has 1 saturated carbocycles. The first-order chi connectivity index (χ1) is 8.38. The standard InChI is InChI=1S/C12H12BrNO4/c1-6(15)14-10-8(16)3-2-7(13)9(10)12(4-5-12)11(17)18/h2-3,16H,4-5H2,1H3,(H,14,15)(H,17,18). The number of rotatable bonds is 3. The lowest BCUT2D eigenvalue weighted by Gasteiger charge is -2.18. The molecule has 0 heterocycles. The molecule has 0 atom stereocenters. The predicted molar refractivity (Wildman–Crippen MR) is 68.7 cm³/mol. The first-order valence-corrected chi connectivity index (χ1v) is 6.21. The topological polar surface area (TPSA) is 86.6 Å². The maximum absolute atomic E-state index is 11.4. The van der Waals surface area contributed by atoms with Crippen LogP contribution in [0.3, 0.4) is 0 Å². The summed E-state index contributed by atoms with van der Waals surface area (Å²) in [6.45, 7) is 1.31. The lowest BCUT2D eigenvalue weighted by molar-refractivity contribution is -0.140. The average Bonchev–Trinajstić information content (AvgIpc) is 3.04. The molecule has 0 saturated heterocycles. The van der Waals surface area contributed by atoms with Gasteiger partial charge in [-0.1, -0.05) is 15.9 Å². The number of phenolic OH excluding ortho intramolecular Hbond substituents is 1. The van der Waals surface area contributed by atoms with Crippen molar-refractivity contribution in [1.82, 2.24) is 0 Å². The number of nitrogens with one attached hydrogen (secondary N) is 1. The molecule has 0 aromatic heterocycles. The van der Waals surface area contributed by atoms with Crippen molar-refractivity contribution in [2.24, 2.45) is 0 Å². The molecule has 5 nitrogen and oxygen atoms in total. The molecular formula is C12H12BrNO4. The summed E-state index contributed by atoms with van der Waals surface area (Å²) >= 11 is 3.29. The first kappa shape index (κ1) is 12.9. The zero-order valence-corrected chi connectivity index (χ0v) is 11.2. The van der Waals surface area contributed by atoms with Gasteiger partial charge in [0.25, 0.3) is 0 Å². The van der Waals surface area contributed by atoms with E-state index in [1.165, 1.54) is 13.0 Å². The Morgan fingerprint density at radius 3 is 2.44 bits per heavy atom. The van der Waals surface area contributed by atoms with E-state index in [0.717, 1.165) is 0 Å². The van der Waals surface area contributed by atoms with Crippen LogP contribution in [0.5, 0.6) is 5.75 Å². The Hall–Kier alpha value is -1.56. The van der Waals surface area contributed by atoms with E-state index < -0.39 is 11.4 Å². The highest BCUT2D eigenvalue weighted by Gasteiger charge is 2.54. The number of aliphatic carboxylic acids is 1. The van der Waals surface area contributed by atoms with E-state index in [1.54, 1.807) is 6.07 Å².